The number of unbranched alkanes of at least 4 members (excludes halogenated alkanes) is 3. The minimum atomic E-state index is 0.0276. The second-order valence-corrected chi connectivity index (χ2v) is 5.66. The molecule has 2 aromatic rings. The number of ketones is 1. The van der Waals surface area contributed by atoms with Crippen molar-refractivity contribution in [2.45, 2.75) is 25.7 Å². The van der Waals surface area contributed by atoms with Crippen molar-refractivity contribution in [1.82, 2.24) is 0 Å². The second kappa shape index (κ2) is 9.31. The van der Waals surface area contributed by atoms with Crippen LogP contribution in [0.2, 0.25) is 0 Å². The summed E-state index contributed by atoms with van der Waals surface area (Å²) < 4.78 is 5.74. The lowest BCUT2D eigenvalue weighted by atomic mass is 10.0. The molecule has 0 bridgehead atoms. The van der Waals surface area contributed by atoms with E-state index in [-0.39, 0.29) is 5.78 Å². The smallest absolute Gasteiger partial charge is 0.193 e. The summed E-state index contributed by atoms with van der Waals surface area (Å²) in [6, 6.07) is 16.7. The van der Waals surface area contributed by atoms with Crippen LogP contribution < -0.4 is 4.74 Å². The lowest BCUT2D eigenvalue weighted by Crippen LogP contribution is -2.02. The second-order valence-electron chi connectivity index (χ2n) is 5.21. The molecule has 0 fully saturated rings. The zero-order valence-corrected chi connectivity index (χ0v) is 13.6. The van der Waals surface area contributed by atoms with Crippen LogP contribution in [0.25, 0.3) is 0 Å². The van der Waals surface area contributed by atoms with Crippen LogP contribution in [0.3, 0.4) is 0 Å². The van der Waals surface area contributed by atoms with Gasteiger partial charge >= 0.3 is 0 Å². The van der Waals surface area contributed by atoms with E-state index >= 15 is 0 Å². The van der Waals surface area contributed by atoms with Gasteiger partial charge in [-0.25, -0.2) is 0 Å². The zero-order chi connectivity index (χ0) is 15.6. The molecular weight excluding hydrogens is 292 g/mol. The van der Waals surface area contributed by atoms with Crippen LogP contribution in [0.1, 0.15) is 41.6 Å². The van der Waals surface area contributed by atoms with E-state index in [1.165, 1.54) is 6.42 Å². The maximum atomic E-state index is 12.4. The van der Waals surface area contributed by atoms with Crippen molar-refractivity contribution in [1.29, 1.82) is 0 Å². The minimum Gasteiger partial charge on any atom is -0.494 e. The Kier molecular flexibility index (Phi) is 7.04. The Balaban J connectivity index is 1.89. The standard InChI is InChI=1S/C19H22O2S/c20-19(16-9-4-3-5-10-16)17-11-8-12-18(15-17)21-13-6-1-2-7-14-22/h3-5,8-12,15,22H,1-2,6-7,13-14H2. The molecule has 116 valence electrons. The number of hydrogen-bond donors (Lipinski definition) is 1. The van der Waals surface area contributed by atoms with Gasteiger partial charge in [0, 0.05) is 11.1 Å². The van der Waals surface area contributed by atoms with Crippen molar-refractivity contribution in [3.8, 4) is 5.75 Å². The average molecular weight is 314 g/mol. The molecule has 2 rings (SSSR count). The first-order chi connectivity index (χ1) is 10.8. The predicted molar refractivity (Wildman–Crippen MR) is 94.1 cm³/mol. The number of ether oxygens (including phenoxy) is 1. The van der Waals surface area contributed by atoms with Gasteiger partial charge in [-0.2, -0.15) is 12.6 Å². The van der Waals surface area contributed by atoms with Crippen LogP contribution in [-0.4, -0.2) is 18.1 Å². The number of rotatable bonds is 9. The molecule has 0 aromatic heterocycles. The normalized spacial score (nSPS) is 10.4. The van der Waals surface area contributed by atoms with E-state index in [0.29, 0.717) is 17.7 Å². The van der Waals surface area contributed by atoms with Gasteiger partial charge in [-0.3, -0.25) is 4.79 Å². The molecule has 0 aliphatic rings. The zero-order valence-electron chi connectivity index (χ0n) is 12.7. The van der Waals surface area contributed by atoms with Crippen molar-refractivity contribution in [2.24, 2.45) is 0 Å². The number of hydrogen-bond acceptors (Lipinski definition) is 3. The van der Waals surface area contributed by atoms with Crippen molar-refractivity contribution >= 4 is 18.4 Å². The Morgan fingerprint density at radius 2 is 1.59 bits per heavy atom. The third kappa shape index (κ3) is 5.23. The summed E-state index contributed by atoms with van der Waals surface area (Å²) in [5.74, 6) is 1.74. The largest absolute Gasteiger partial charge is 0.494 e. The maximum Gasteiger partial charge on any atom is 0.193 e. The lowest BCUT2D eigenvalue weighted by molar-refractivity contribution is 0.103. The van der Waals surface area contributed by atoms with Crippen LogP contribution in [0, 0.1) is 0 Å². The molecule has 0 N–H and O–H groups in total. The molecule has 0 radical (unpaired) electrons. The third-order valence-corrected chi connectivity index (χ3v) is 3.77. The molecule has 0 atom stereocenters. The first-order valence-electron chi connectivity index (χ1n) is 7.75. The highest BCUT2D eigenvalue weighted by Gasteiger charge is 2.09. The van der Waals surface area contributed by atoms with Crippen LogP contribution in [0.4, 0.5) is 0 Å². The third-order valence-electron chi connectivity index (χ3n) is 3.45. The van der Waals surface area contributed by atoms with Gasteiger partial charge in [0.2, 0.25) is 0 Å². The van der Waals surface area contributed by atoms with Crippen LogP contribution in [0.15, 0.2) is 54.6 Å². The molecule has 3 heteroatoms. The Morgan fingerprint density at radius 3 is 2.36 bits per heavy atom. The van der Waals surface area contributed by atoms with E-state index in [1.54, 1.807) is 0 Å². The van der Waals surface area contributed by atoms with Gasteiger partial charge in [-0.1, -0.05) is 55.3 Å². The fourth-order valence-electron chi connectivity index (χ4n) is 2.24. The molecule has 0 heterocycles. The van der Waals surface area contributed by atoms with Gasteiger partial charge < -0.3 is 4.74 Å². The summed E-state index contributed by atoms with van der Waals surface area (Å²) in [6.45, 7) is 0.690. The molecule has 22 heavy (non-hydrogen) atoms. The number of carbonyl (C=O) groups is 1. The van der Waals surface area contributed by atoms with Crippen LogP contribution in [-0.2, 0) is 0 Å². The van der Waals surface area contributed by atoms with Gasteiger partial charge in [0.1, 0.15) is 5.75 Å². The van der Waals surface area contributed by atoms with E-state index in [4.69, 9.17) is 4.74 Å². The highest BCUT2D eigenvalue weighted by Crippen LogP contribution is 2.17. The van der Waals surface area contributed by atoms with Crippen LogP contribution >= 0.6 is 12.6 Å². The quantitative estimate of drug-likeness (QED) is 0.409. The van der Waals surface area contributed by atoms with Crippen molar-refractivity contribution in [3.63, 3.8) is 0 Å². The van der Waals surface area contributed by atoms with Gasteiger partial charge in [0.05, 0.1) is 6.61 Å². The monoisotopic (exact) mass is 314 g/mol. The van der Waals surface area contributed by atoms with E-state index in [9.17, 15) is 4.79 Å². The lowest BCUT2D eigenvalue weighted by Gasteiger charge is -2.08. The molecule has 0 saturated carbocycles. The molecule has 0 aliphatic carbocycles. The average Bonchev–Trinajstić information content (AvgIpc) is 2.58. The van der Waals surface area contributed by atoms with E-state index in [0.717, 1.165) is 30.8 Å². The van der Waals surface area contributed by atoms with E-state index < -0.39 is 0 Å². The van der Waals surface area contributed by atoms with Gasteiger partial charge in [0.15, 0.2) is 5.78 Å². The van der Waals surface area contributed by atoms with Crippen molar-refractivity contribution < 1.29 is 9.53 Å². The summed E-state index contributed by atoms with van der Waals surface area (Å²) in [7, 11) is 0. The topological polar surface area (TPSA) is 26.3 Å². The summed E-state index contributed by atoms with van der Waals surface area (Å²) in [5.41, 5.74) is 1.37. The predicted octanol–water partition coefficient (Wildman–Crippen LogP) is 4.79. The molecule has 2 aromatic carbocycles. The fourth-order valence-corrected chi connectivity index (χ4v) is 2.46. The highest BCUT2D eigenvalue weighted by molar-refractivity contribution is 7.80. The molecule has 0 aliphatic heterocycles. The van der Waals surface area contributed by atoms with E-state index in [1.807, 2.05) is 54.6 Å². The summed E-state index contributed by atoms with van der Waals surface area (Å²) in [4.78, 5) is 12.4. The van der Waals surface area contributed by atoms with Crippen molar-refractivity contribution in [3.05, 3.63) is 65.7 Å². The molecule has 0 saturated heterocycles. The number of thiol groups is 1. The van der Waals surface area contributed by atoms with Crippen LogP contribution in [0.5, 0.6) is 5.75 Å². The number of carbonyl (C=O) groups excluding carboxylic acids is 1. The van der Waals surface area contributed by atoms with Gasteiger partial charge in [-0.15, -0.1) is 0 Å². The fraction of sp³-hybridized carbons (Fsp3) is 0.316. The summed E-state index contributed by atoms with van der Waals surface area (Å²) in [6.07, 6.45) is 4.54. The summed E-state index contributed by atoms with van der Waals surface area (Å²) in [5, 5.41) is 0. The first-order valence-corrected chi connectivity index (χ1v) is 8.38. The van der Waals surface area contributed by atoms with Gasteiger partial charge in [0.25, 0.3) is 0 Å². The SMILES string of the molecule is O=C(c1ccccc1)c1cccc(OCCCCCCS)c1. The molecule has 0 spiro atoms. The Hall–Kier alpha value is -1.74. The van der Waals surface area contributed by atoms with Crippen molar-refractivity contribution in [2.75, 3.05) is 12.4 Å². The first kappa shape index (κ1) is 16.6. The Labute approximate surface area is 137 Å². The number of benzene rings is 2. The summed E-state index contributed by atoms with van der Waals surface area (Å²) >= 11 is 4.20. The molecule has 2 nitrogen and oxygen atoms in total. The maximum absolute atomic E-state index is 12.4. The Morgan fingerprint density at radius 1 is 0.864 bits per heavy atom. The van der Waals surface area contributed by atoms with E-state index in [2.05, 4.69) is 12.6 Å². The molecular formula is C19H22O2S. The van der Waals surface area contributed by atoms with Gasteiger partial charge in [-0.05, 0) is 30.7 Å². The molecule has 0 unspecified atom stereocenters. The Bertz CT molecular complexity index is 581. The molecule has 0 amide bonds. The minimum absolute atomic E-state index is 0.0276. The highest BCUT2D eigenvalue weighted by atomic mass is 32.1.